The minimum absolute atomic E-state index is 0.138. The Kier molecular flexibility index (Phi) is 7.07. The van der Waals surface area contributed by atoms with Gasteiger partial charge in [-0.2, -0.15) is 0 Å². The van der Waals surface area contributed by atoms with Crippen LogP contribution in [0.25, 0.3) is 0 Å². The predicted molar refractivity (Wildman–Crippen MR) is 81.0 cm³/mol. The van der Waals surface area contributed by atoms with E-state index in [2.05, 4.69) is 26.1 Å². The molecule has 0 fully saturated rings. The molecule has 1 aromatic rings. The maximum absolute atomic E-state index is 13.2. The maximum atomic E-state index is 13.2. The van der Waals surface area contributed by atoms with Crippen molar-refractivity contribution in [1.29, 1.82) is 0 Å². The number of rotatable bonds is 8. The normalized spacial score (nSPS) is 14.4. The zero-order valence-corrected chi connectivity index (χ0v) is 12.8. The Labute approximate surface area is 117 Å². The largest absolute Gasteiger partial charge is 0.313 e. The van der Waals surface area contributed by atoms with Gasteiger partial charge in [-0.3, -0.25) is 0 Å². The molecule has 0 aliphatic heterocycles. The fourth-order valence-electron chi connectivity index (χ4n) is 2.59. The molecule has 1 rings (SSSR count). The molecule has 2 unspecified atom stereocenters. The van der Waals surface area contributed by atoms with Crippen LogP contribution in [0.4, 0.5) is 4.39 Å². The molecule has 1 nitrogen and oxygen atoms in total. The van der Waals surface area contributed by atoms with Crippen molar-refractivity contribution < 1.29 is 4.39 Å². The lowest BCUT2D eigenvalue weighted by molar-refractivity contribution is 0.352. The van der Waals surface area contributed by atoms with Gasteiger partial charge < -0.3 is 5.32 Å². The summed E-state index contributed by atoms with van der Waals surface area (Å²) in [5.41, 5.74) is 2.32. The molecule has 0 aromatic heterocycles. The summed E-state index contributed by atoms with van der Waals surface area (Å²) < 4.78 is 13.2. The molecule has 2 heteroatoms. The van der Waals surface area contributed by atoms with Crippen LogP contribution in [-0.2, 0) is 6.42 Å². The van der Waals surface area contributed by atoms with Crippen LogP contribution in [0.3, 0.4) is 0 Å². The monoisotopic (exact) mass is 265 g/mol. The molecular weight excluding hydrogens is 237 g/mol. The third-order valence-corrected chi connectivity index (χ3v) is 3.83. The Morgan fingerprint density at radius 3 is 2.53 bits per heavy atom. The molecule has 2 atom stereocenters. The van der Waals surface area contributed by atoms with Crippen molar-refractivity contribution in [1.82, 2.24) is 5.32 Å². The summed E-state index contributed by atoms with van der Waals surface area (Å²) in [7, 11) is 0. The molecule has 0 aliphatic rings. The maximum Gasteiger partial charge on any atom is 0.123 e. The quantitative estimate of drug-likeness (QED) is 0.730. The van der Waals surface area contributed by atoms with E-state index in [1.807, 2.05) is 13.0 Å². The zero-order chi connectivity index (χ0) is 14.3. The van der Waals surface area contributed by atoms with E-state index < -0.39 is 0 Å². The molecule has 0 amide bonds. The first-order valence-corrected chi connectivity index (χ1v) is 7.56. The second-order valence-electron chi connectivity index (χ2n) is 5.60. The van der Waals surface area contributed by atoms with Gasteiger partial charge >= 0.3 is 0 Å². The summed E-state index contributed by atoms with van der Waals surface area (Å²) in [6, 6.07) is 5.63. The van der Waals surface area contributed by atoms with Crippen LogP contribution in [0.2, 0.25) is 0 Å². The van der Waals surface area contributed by atoms with Gasteiger partial charge in [-0.15, -0.1) is 0 Å². The molecule has 0 aliphatic carbocycles. The van der Waals surface area contributed by atoms with Gasteiger partial charge in [0.1, 0.15) is 5.82 Å². The predicted octanol–water partition coefficient (Wildman–Crippen LogP) is 4.48. The van der Waals surface area contributed by atoms with Crippen molar-refractivity contribution in [2.45, 2.75) is 59.4 Å². The number of halogens is 1. The van der Waals surface area contributed by atoms with Gasteiger partial charge in [0.25, 0.3) is 0 Å². The topological polar surface area (TPSA) is 12.0 Å². The third kappa shape index (κ3) is 5.32. The van der Waals surface area contributed by atoms with Gasteiger partial charge in [0, 0.05) is 6.04 Å². The highest BCUT2D eigenvalue weighted by Crippen LogP contribution is 2.18. The molecule has 0 saturated heterocycles. The summed E-state index contributed by atoms with van der Waals surface area (Å²) in [5, 5.41) is 3.65. The SMILES string of the molecule is CCCNC(Cc1ccc(F)cc1C)C(C)CCC. The summed E-state index contributed by atoms with van der Waals surface area (Å²) in [4.78, 5) is 0. The number of benzene rings is 1. The molecular formula is C17H28FN. The van der Waals surface area contributed by atoms with E-state index >= 15 is 0 Å². The van der Waals surface area contributed by atoms with E-state index in [4.69, 9.17) is 0 Å². The number of hydrogen-bond acceptors (Lipinski definition) is 1. The Hall–Kier alpha value is -0.890. The molecule has 108 valence electrons. The number of hydrogen-bond donors (Lipinski definition) is 1. The van der Waals surface area contributed by atoms with E-state index in [1.165, 1.54) is 18.4 Å². The Morgan fingerprint density at radius 1 is 1.21 bits per heavy atom. The molecule has 0 radical (unpaired) electrons. The first kappa shape index (κ1) is 16.2. The van der Waals surface area contributed by atoms with Crippen LogP contribution < -0.4 is 5.32 Å². The van der Waals surface area contributed by atoms with Crippen molar-refractivity contribution >= 4 is 0 Å². The van der Waals surface area contributed by atoms with Crippen LogP contribution in [0, 0.1) is 18.7 Å². The van der Waals surface area contributed by atoms with Crippen molar-refractivity contribution in [3.63, 3.8) is 0 Å². The van der Waals surface area contributed by atoms with Crippen LogP contribution in [0.1, 0.15) is 51.2 Å². The summed E-state index contributed by atoms with van der Waals surface area (Å²) in [6.45, 7) is 9.79. The van der Waals surface area contributed by atoms with Crippen molar-refractivity contribution in [2.24, 2.45) is 5.92 Å². The molecule has 0 heterocycles. The van der Waals surface area contributed by atoms with Gasteiger partial charge in [-0.05, 0) is 61.9 Å². The summed E-state index contributed by atoms with van der Waals surface area (Å²) in [6.07, 6.45) is 4.60. The van der Waals surface area contributed by atoms with E-state index in [9.17, 15) is 4.39 Å². The second kappa shape index (κ2) is 8.31. The van der Waals surface area contributed by atoms with Gasteiger partial charge in [-0.25, -0.2) is 4.39 Å². The highest BCUT2D eigenvalue weighted by Gasteiger charge is 2.17. The zero-order valence-electron chi connectivity index (χ0n) is 12.8. The van der Waals surface area contributed by atoms with E-state index in [-0.39, 0.29) is 5.82 Å². The lowest BCUT2D eigenvalue weighted by atomic mass is 9.90. The number of aryl methyl sites for hydroxylation is 1. The first-order chi connectivity index (χ1) is 9.08. The average Bonchev–Trinajstić information content (AvgIpc) is 2.37. The molecule has 0 saturated carbocycles. The fraction of sp³-hybridized carbons (Fsp3) is 0.647. The third-order valence-electron chi connectivity index (χ3n) is 3.83. The molecule has 1 aromatic carbocycles. The average molecular weight is 265 g/mol. The van der Waals surface area contributed by atoms with Crippen molar-refractivity contribution in [2.75, 3.05) is 6.54 Å². The van der Waals surface area contributed by atoms with Crippen LogP contribution in [-0.4, -0.2) is 12.6 Å². The van der Waals surface area contributed by atoms with Crippen LogP contribution >= 0.6 is 0 Å². The highest BCUT2D eigenvalue weighted by atomic mass is 19.1. The Bertz CT molecular complexity index is 376. The van der Waals surface area contributed by atoms with E-state index in [1.54, 1.807) is 12.1 Å². The number of nitrogens with one attached hydrogen (secondary N) is 1. The van der Waals surface area contributed by atoms with Gasteiger partial charge in [0.15, 0.2) is 0 Å². The van der Waals surface area contributed by atoms with Crippen molar-refractivity contribution in [3.8, 4) is 0 Å². The summed E-state index contributed by atoms with van der Waals surface area (Å²) in [5.74, 6) is 0.516. The van der Waals surface area contributed by atoms with Crippen molar-refractivity contribution in [3.05, 3.63) is 35.1 Å². The van der Waals surface area contributed by atoms with Crippen LogP contribution in [0.15, 0.2) is 18.2 Å². The standard InChI is InChI=1S/C17H28FN/c1-5-7-13(3)17(19-10-6-2)12-15-8-9-16(18)11-14(15)4/h8-9,11,13,17,19H,5-7,10,12H2,1-4H3. The molecule has 0 spiro atoms. The van der Waals surface area contributed by atoms with E-state index in [0.717, 1.165) is 24.9 Å². The second-order valence-corrected chi connectivity index (χ2v) is 5.60. The lowest BCUT2D eigenvalue weighted by Gasteiger charge is -2.26. The van der Waals surface area contributed by atoms with Gasteiger partial charge in [-0.1, -0.05) is 33.3 Å². The smallest absolute Gasteiger partial charge is 0.123 e. The van der Waals surface area contributed by atoms with Gasteiger partial charge in [0.2, 0.25) is 0 Å². The lowest BCUT2D eigenvalue weighted by Crippen LogP contribution is -2.37. The van der Waals surface area contributed by atoms with E-state index in [0.29, 0.717) is 12.0 Å². The molecule has 1 N–H and O–H groups in total. The molecule has 0 bridgehead atoms. The van der Waals surface area contributed by atoms with Gasteiger partial charge in [0.05, 0.1) is 0 Å². The van der Waals surface area contributed by atoms with Crippen LogP contribution in [0.5, 0.6) is 0 Å². The fourth-order valence-corrected chi connectivity index (χ4v) is 2.59. The first-order valence-electron chi connectivity index (χ1n) is 7.56. The highest BCUT2D eigenvalue weighted by molar-refractivity contribution is 5.27. The Balaban J connectivity index is 2.74. The Morgan fingerprint density at radius 2 is 1.95 bits per heavy atom. The molecule has 19 heavy (non-hydrogen) atoms. The summed E-state index contributed by atoms with van der Waals surface area (Å²) >= 11 is 0. The minimum atomic E-state index is -0.138. The minimum Gasteiger partial charge on any atom is -0.313 e.